The molecule has 1 aromatic carbocycles. The fourth-order valence-corrected chi connectivity index (χ4v) is 3.37. The molecule has 118 valence electrons. The molecule has 0 aromatic heterocycles. The molecule has 1 fully saturated rings. The number of rotatable bonds is 6. The van der Waals surface area contributed by atoms with Crippen LogP contribution in [0.2, 0.25) is 0 Å². The Morgan fingerprint density at radius 3 is 2.90 bits per heavy atom. The van der Waals surface area contributed by atoms with E-state index >= 15 is 0 Å². The Balaban J connectivity index is 1.94. The first-order chi connectivity index (χ1) is 10.1. The predicted octanol–water partition coefficient (Wildman–Crippen LogP) is 3.93. The van der Waals surface area contributed by atoms with Crippen molar-refractivity contribution >= 4 is 5.69 Å². The van der Waals surface area contributed by atoms with E-state index < -0.39 is 0 Å². The highest BCUT2D eigenvalue weighted by Gasteiger charge is 2.24. The van der Waals surface area contributed by atoms with Gasteiger partial charge in [0, 0.05) is 18.3 Å². The molecule has 0 saturated carbocycles. The van der Waals surface area contributed by atoms with E-state index in [2.05, 4.69) is 49.2 Å². The number of hydrogen-bond donors (Lipinski definition) is 1. The van der Waals surface area contributed by atoms with Crippen LogP contribution >= 0.6 is 0 Å². The van der Waals surface area contributed by atoms with Crippen LogP contribution in [-0.4, -0.2) is 37.7 Å². The van der Waals surface area contributed by atoms with Gasteiger partial charge in [-0.25, -0.2) is 0 Å². The molecule has 0 radical (unpaired) electrons. The molecule has 1 heterocycles. The number of nitrogens with one attached hydrogen (secondary N) is 1. The van der Waals surface area contributed by atoms with Gasteiger partial charge < -0.3 is 15.0 Å². The monoisotopic (exact) mass is 290 g/mol. The van der Waals surface area contributed by atoms with Crippen molar-refractivity contribution in [2.24, 2.45) is 5.92 Å². The number of piperidine rings is 1. The lowest BCUT2D eigenvalue weighted by atomic mass is 9.91. The van der Waals surface area contributed by atoms with Crippen LogP contribution in [0.4, 0.5) is 5.69 Å². The van der Waals surface area contributed by atoms with Gasteiger partial charge in [-0.05, 0) is 75.9 Å². The van der Waals surface area contributed by atoms with E-state index in [1.54, 1.807) is 7.11 Å². The topological polar surface area (TPSA) is 24.5 Å². The SMILES string of the molecule is CCCN1CCCC(C(C)Nc2ccc(OC)c(C)c2)C1. The van der Waals surface area contributed by atoms with Crippen molar-refractivity contribution in [2.45, 2.75) is 46.1 Å². The molecule has 1 N–H and O–H groups in total. The fraction of sp³-hybridized carbons (Fsp3) is 0.667. The van der Waals surface area contributed by atoms with E-state index in [4.69, 9.17) is 4.74 Å². The largest absolute Gasteiger partial charge is 0.496 e. The van der Waals surface area contributed by atoms with Crippen molar-refractivity contribution < 1.29 is 4.74 Å². The van der Waals surface area contributed by atoms with Crippen molar-refractivity contribution in [1.82, 2.24) is 4.90 Å². The summed E-state index contributed by atoms with van der Waals surface area (Å²) in [7, 11) is 1.72. The van der Waals surface area contributed by atoms with Crippen molar-refractivity contribution in [3.8, 4) is 5.75 Å². The molecule has 0 aliphatic carbocycles. The molecule has 3 nitrogen and oxygen atoms in total. The molecule has 2 unspecified atom stereocenters. The average Bonchev–Trinajstić information content (AvgIpc) is 2.48. The number of anilines is 1. The first-order valence-electron chi connectivity index (χ1n) is 8.27. The van der Waals surface area contributed by atoms with Crippen LogP contribution in [0, 0.1) is 12.8 Å². The Kier molecular flexibility index (Phi) is 5.92. The summed E-state index contributed by atoms with van der Waals surface area (Å²) < 4.78 is 5.33. The Labute approximate surface area is 129 Å². The van der Waals surface area contributed by atoms with E-state index in [1.807, 2.05) is 0 Å². The lowest BCUT2D eigenvalue weighted by molar-refractivity contribution is 0.165. The van der Waals surface area contributed by atoms with Crippen LogP contribution < -0.4 is 10.1 Å². The molecule has 1 saturated heterocycles. The highest BCUT2D eigenvalue weighted by atomic mass is 16.5. The number of benzene rings is 1. The number of likely N-dealkylation sites (tertiary alicyclic amines) is 1. The fourth-order valence-electron chi connectivity index (χ4n) is 3.37. The lowest BCUT2D eigenvalue weighted by Gasteiger charge is -2.36. The zero-order chi connectivity index (χ0) is 15.2. The quantitative estimate of drug-likeness (QED) is 0.859. The Morgan fingerprint density at radius 1 is 1.43 bits per heavy atom. The smallest absolute Gasteiger partial charge is 0.121 e. The molecule has 0 spiro atoms. The van der Waals surface area contributed by atoms with Gasteiger partial charge in [-0.15, -0.1) is 0 Å². The van der Waals surface area contributed by atoms with Crippen LogP contribution in [0.3, 0.4) is 0 Å². The summed E-state index contributed by atoms with van der Waals surface area (Å²) in [4.78, 5) is 2.62. The first-order valence-corrected chi connectivity index (χ1v) is 8.27. The number of methoxy groups -OCH3 is 1. The number of nitrogens with zero attached hydrogens (tertiary/aromatic N) is 1. The van der Waals surface area contributed by atoms with Gasteiger partial charge >= 0.3 is 0 Å². The van der Waals surface area contributed by atoms with E-state index in [1.165, 1.54) is 50.1 Å². The van der Waals surface area contributed by atoms with Gasteiger partial charge in [0.1, 0.15) is 5.75 Å². The van der Waals surface area contributed by atoms with Gasteiger partial charge in [-0.2, -0.15) is 0 Å². The highest BCUT2D eigenvalue weighted by Crippen LogP contribution is 2.25. The normalized spacial score (nSPS) is 21.0. The standard InChI is InChI=1S/C18H30N2O/c1-5-10-20-11-6-7-16(13-20)15(3)19-17-8-9-18(21-4)14(2)12-17/h8-9,12,15-16,19H,5-7,10-11,13H2,1-4H3. The van der Waals surface area contributed by atoms with Crippen LogP contribution in [0.15, 0.2) is 18.2 Å². The van der Waals surface area contributed by atoms with Gasteiger partial charge in [0.2, 0.25) is 0 Å². The maximum atomic E-state index is 5.33. The van der Waals surface area contributed by atoms with Crippen LogP contribution in [0.25, 0.3) is 0 Å². The first kappa shape index (κ1) is 16.2. The van der Waals surface area contributed by atoms with E-state index in [0.717, 1.165) is 11.7 Å². The molecule has 1 aromatic rings. The van der Waals surface area contributed by atoms with Crippen molar-refractivity contribution in [3.05, 3.63) is 23.8 Å². The number of aryl methyl sites for hydroxylation is 1. The molecule has 1 aliphatic heterocycles. The minimum absolute atomic E-state index is 0.512. The second-order valence-corrected chi connectivity index (χ2v) is 6.32. The third kappa shape index (κ3) is 4.37. The molecular formula is C18H30N2O. The van der Waals surface area contributed by atoms with E-state index in [9.17, 15) is 0 Å². The molecule has 21 heavy (non-hydrogen) atoms. The third-order valence-electron chi connectivity index (χ3n) is 4.58. The zero-order valence-electron chi connectivity index (χ0n) is 14.0. The summed E-state index contributed by atoms with van der Waals surface area (Å²) in [5.74, 6) is 1.70. The maximum Gasteiger partial charge on any atom is 0.121 e. The summed E-state index contributed by atoms with van der Waals surface area (Å²) in [6.07, 6.45) is 3.92. The molecule has 1 aliphatic rings. The van der Waals surface area contributed by atoms with Gasteiger partial charge in [0.05, 0.1) is 7.11 Å². The molecule has 0 amide bonds. The molecule has 0 bridgehead atoms. The lowest BCUT2D eigenvalue weighted by Crippen LogP contribution is -2.42. The summed E-state index contributed by atoms with van der Waals surface area (Å²) in [5, 5.41) is 3.68. The van der Waals surface area contributed by atoms with Crippen molar-refractivity contribution in [1.29, 1.82) is 0 Å². The Morgan fingerprint density at radius 2 is 2.24 bits per heavy atom. The predicted molar refractivity (Wildman–Crippen MR) is 90.3 cm³/mol. The minimum Gasteiger partial charge on any atom is -0.496 e. The van der Waals surface area contributed by atoms with Gasteiger partial charge in [0.15, 0.2) is 0 Å². The van der Waals surface area contributed by atoms with Crippen molar-refractivity contribution in [3.63, 3.8) is 0 Å². The molecule has 2 rings (SSSR count). The number of ether oxygens (including phenoxy) is 1. The molecular weight excluding hydrogens is 260 g/mol. The molecule has 2 atom stereocenters. The summed E-state index contributed by atoms with van der Waals surface area (Å²) in [6.45, 7) is 10.4. The van der Waals surface area contributed by atoms with Crippen molar-refractivity contribution in [2.75, 3.05) is 32.1 Å². The zero-order valence-corrected chi connectivity index (χ0v) is 14.0. The van der Waals surface area contributed by atoms with Gasteiger partial charge in [-0.3, -0.25) is 0 Å². The second-order valence-electron chi connectivity index (χ2n) is 6.32. The second kappa shape index (κ2) is 7.69. The van der Waals surface area contributed by atoms with E-state index in [-0.39, 0.29) is 0 Å². The van der Waals surface area contributed by atoms with Crippen LogP contribution in [0.5, 0.6) is 5.75 Å². The third-order valence-corrected chi connectivity index (χ3v) is 4.58. The van der Waals surface area contributed by atoms with E-state index in [0.29, 0.717) is 6.04 Å². The summed E-state index contributed by atoms with van der Waals surface area (Å²) in [6, 6.07) is 6.86. The van der Waals surface area contributed by atoms with Crippen LogP contribution in [-0.2, 0) is 0 Å². The highest BCUT2D eigenvalue weighted by molar-refractivity contribution is 5.51. The summed E-state index contributed by atoms with van der Waals surface area (Å²) in [5.41, 5.74) is 2.39. The Hall–Kier alpha value is -1.22. The number of hydrogen-bond acceptors (Lipinski definition) is 3. The van der Waals surface area contributed by atoms with Crippen LogP contribution in [0.1, 0.15) is 38.7 Å². The Bertz CT molecular complexity index is 445. The van der Waals surface area contributed by atoms with Gasteiger partial charge in [0.25, 0.3) is 0 Å². The summed E-state index contributed by atoms with van der Waals surface area (Å²) >= 11 is 0. The maximum absolute atomic E-state index is 5.33. The average molecular weight is 290 g/mol. The minimum atomic E-state index is 0.512. The van der Waals surface area contributed by atoms with Gasteiger partial charge in [-0.1, -0.05) is 6.92 Å². The molecule has 3 heteroatoms.